The Morgan fingerprint density at radius 2 is 0.458 bits per heavy atom. The smallest absolute Gasteiger partial charge is 0.127 e. The summed E-state index contributed by atoms with van der Waals surface area (Å²) in [7, 11) is 0. The summed E-state index contributed by atoms with van der Waals surface area (Å²) in [6.45, 7) is 5.63. The fourth-order valence-corrected chi connectivity index (χ4v) is 18.7. The summed E-state index contributed by atoms with van der Waals surface area (Å²) in [5, 5.41) is 14.3. The van der Waals surface area contributed by atoms with E-state index in [0.717, 1.165) is 149 Å². The molecule has 0 spiro atoms. The fourth-order valence-electron chi connectivity index (χ4n) is 18.7. The zero-order valence-electron chi connectivity index (χ0n) is 66.8. The first kappa shape index (κ1) is 71.4. The molecule has 0 saturated carbocycles. The van der Waals surface area contributed by atoms with Crippen LogP contribution in [0.3, 0.4) is 0 Å². The van der Waals surface area contributed by atoms with Crippen LogP contribution < -0.4 is 19.3 Å². The Bertz CT molecular complexity index is 6710. The van der Waals surface area contributed by atoms with Gasteiger partial charge in [0.2, 0.25) is 0 Å². The van der Waals surface area contributed by atoms with E-state index < -0.39 is 0 Å². The van der Waals surface area contributed by atoms with Crippen molar-refractivity contribution in [1.82, 2.24) is 18.3 Å². The molecule has 0 radical (unpaired) electrons. The molecule has 0 bridgehead atoms. The fraction of sp³-hybridized carbons (Fsp3) is 0.0714. The Kier molecular flexibility index (Phi) is 18.0. The summed E-state index contributed by atoms with van der Waals surface area (Å²) in [4.78, 5) is 4.79. The van der Waals surface area contributed by atoms with Gasteiger partial charge in [0, 0.05) is 111 Å². The molecule has 8 nitrogen and oxygen atoms in total. The van der Waals surface area contributed by atoms with Crippen molar-refractivity contribution in [2.75, 3.05) is 23.0 Å². The predicted octanol–water partition coefficient (Wildman–Crippen LogP) is 30.7. The van der Waals surface area contributed by atoms with Gasteiger partial charge in [0.25, 0.3) is 0 Å². The molecule has 22 rings (SSSR count). The normalized spacial score (nSPS) is 11.8. The minimum atomic E-state index is 0.591. The van der Waals surface area contributed by atoms with E-state index in [-0.39, 0.29) is 0 Å². The molecule has 8 heteroatoms. The van der Waals surface area contributed by atoms with Crippen molar-refractivity contribution >= 4 is 143 Å². The second-order valence-corrected chi connectivity index (χ2v) is 31.5. The lowest BCUT2D eigenvalue weighted by molar-refractivity contribution is 0.306. The van der Waals surface area contributed by atoms with Crippen LogP contribution in [-0.2, 0) is 0 Å². The van der Waals surface area contributed by atoms with E-state index in [4.69, 9.17) is 9.47 Å². The summed E-state index contributed by atoms with van der Waals surface area (Å²) in [5.74, 6) is 1.68. The number of fused-ring (bicyclic) bond motifs is 14. The Balaban J connectivity index is 0.640. The average molecular weight is 1550 g/mol. The maximum atomic E-state index is 6.99. The monoisotopic (exact) mass is 1540 g/mol. The third kappa shape index (κ3) is 12.3. The maximum Gasteiger partial charge on any atom is 0.127 e. The lowest BCUT2D eigenvalue weighted by atomic mass is 9.89. The number of para-hydroxylation sites is 8. The van der Waals surface area contributed by atoms with Gasteiger partial charge in [0.15, 0.2) is 0 Å². The van der Waals surface area contributed by atoms with Gasteiger partial charge in [-0.25, -0.2) is 0 Å². The highest BCUT2D eigenvalue weighted by atomic mass is 16.5. The Labute approximate surface area is 696 Å². The van der Waals surface area contributed by atoms with Crippen LogP contribution in [0, 0.1) is 0 Å². The van der Waals surface area contributed by atoms with Gasteiger partial charge in [-0.3, -0.25) is 0 Å². The van der Waals surface area contributed by atoms with Crippen LogP contribution in [0.2, 0.25) is 0 Å². The van der Waals surface area contributed by atoms with E-state index >= 15 is 0 Å². The van der Waals surface area contributed by atoms with Crippen LogP contribution in [-0.4, -0.2) is 31.5 Å². The Hall–Kier alpha value is -15.1. The van der Waals surface area contributed by atoms with Crippen molar-refractivity contribution in [2.24, 2.45) is 0 Å². The molecule has 0 N–H and O–H groups in total. The number of hydrogen-bond acceptors (Lipinski definition) is 4. The minimum Gasteiger partial charge on any atom is -0.493 e. The summed E-state index contributed by atoms with van der Waals surface area (Å²) < 4.78 is 23.5. The van der Waals surface area contributed by atoms with Crippen LogP contribution >= 0.6 is 0 Å². The largest absolute Gasteiger partial charge is 0.493 e. The third-order valence-electron chi connectivity index (χ3n) is 24.4. The molecule has 18 aromatic carbocycles. The highest BCUT2D eigenvalue weighted by Crippen LogP contribution is 2.50. The summed E-state index contributed by atoms with van der Waals surface area (Å²) in [5.41, 5.74) is 26.6. The van der Waals surface area contributed by atoms with Gasteiger partial charge in [-0.15, -0.1) is 0 Å². The zero-order chi connectivity index (χ0) is 79.7. The standard InChI is InChI=1S/C112H84N6O2/c1-3-5-69-119-109-67-47-79-71-77(75-25-23-27-89(73-75)113(81-49-57-85(58-50-81)115-101-37-15-7-29-93(101)94-30-8-16-38-102(94)115)82-51-59-86(60-52-82)116-103-39-17-9-31-95(103)96-32-10-18-40-104(96)116)45-65-91(79)111(109)112-92-66-46-78(72-80(92)48-68-110(112)120-70-6-4-2)76-26-24-28-90(74-76)114(83-53-61-87(62-54-83)117-105-41-19-11-33-97(105)98-34-12-20-42-106(98)117)84-55-63-88(64-56-84)118-107-43-21-13-35-99(107)100-36-14-22-44-108(100)118/h7-68,71-74H,3-6,69-70H2,1-2H3. The van der Waals surface area contributed by atoms with E-state index in [0.29, 0.717) is 13.2 Å². The van der Waals surface area contributed by atoms with Gasteiger partial charge in [0.05, 0.1) is 57.3 Å². The average Bonchev–Trinajstić information content (AvgIpc) is 1.47. The number of benzene rings is 18. The van der Waals surface area contributed by atoms with Crippen LogP contribution in [0.5, 0.6) is 11.5 Å². The van der Waals surface area contributed by atoms with Crippen molar-refractivity contribution in [3.8, 4) is 67.6 Å². The van der Waals surface area contributed by atoms with Crippen LogP contribution in [0.4, 0.5) is 34.1 Å². The zero-order valence-corrected chi connectivity index (χ0v) is 66.8. The summed E-state index contributed by atoms with van der Waals surface area (Å²) in [6, 6.07) is 147. The quantitative estimate of drug-likeness (QED) is 0.0673. The number of aromatic nitrogens is 4. The number of hydrogen-bond donors (Lipinski definition) is 0. The molecular weight excluding hydrogens is 1460 g/mol. The molecule has 0 aliphatic carbocycles. The first-order valence-corrected chi connectivity index (χ1v) is 42.0. The van der Waals surface area contributed by atoms with Crippen LogP contribution in [0.25, 0.3) is 165 Å². The Morgan fingerprint density at radius 1 is 0.208 bits per heavy atom. The maximum absolute atomic E-state index is 6.99. The minimum absolute atomic E-state index is 0.591. The van der Waals surface area contributed by atoms with Gasteiger partial charge in [-0.1, -0.05) is 233 Å². The molecule has 0 unspecified atom stereocenters. The number of unbranched alkanes of at least 4 members (excludes halogenated alkanes) is 2. The van der Waals surface area contributed by atoms with Gasteiger partial charge >= 0.3 is 0 Å². The number of ether oxygens (including phenoxy) is 2. The highest BCUT2D eigenvalue weighted by Gasteiger charge is 2.25. The summed E-state index contributed by atoms with van der Waals surface area (Å²) in [6.07, 6.45) is 3.88. The predicted molar refractivity (Wildman–Crippen MR) is 505 cm³/mol. The second-order valence-electron chi connectivity index (χ2n) is 31.5. The van der Waals surface area contributed by atoms with Crippen molar-refractivity contribution in [2.45, 2.75) is 39.5 Å². The van der Waals surface area contributed by atoms with Gasteiger partial charge in [-0.2, -0.15) is 0 Å². The SMILES string of the molecule is CCCCOc1ccc2cc(-c3cccc(N(c4ccc(-n5c6ccccc6c6ccccc65)cc4)c4ccc(-n5c6ccccc6c6ccccc65)cc4)c3)ccc2c1-c1c(OCCCC)ccc2cc(-c3cccc(N(c4ccc(-n5c6ccccc6c6ccccc65)cc4)c4ccc(-n5c6ccccc6c6ccccc65)cc4)c3)ccc12. The van der Waals surface area contributed by atoms with Crippen molar-refractivity contribution in [3.05, 3.63) is 400 Å². The second kappa shape index (κ2) is 30.2. The third-order valence-corrected chi connectivity index (χ3v) is 24.4. The topological polar surface area (TPSA) is 44.7 Å². The molecule has 0 amide bonds. The first-order chi connectivity index (χ1) is 59.5. The van der Waals surface area contributed by atoms with Gasteiger partial charge in [0.1, 0.15) is 11.5 Å². The van der Waals surface area contributed by atoms with Gasteiger partial charge < -0.3 is 37.5 Å². The number of rotatable bonds is 21. The van der Waals surface area contributed by atoms with E-state index in [2.05, 4.69) is 442 Å². The molecule has 4 aromatic heterocycles. The van der Waals surface area contributed by atoms with Crippen molar-refractivity contribution in [3.63, 3.8) is 0 Å². The van der Waals surface area contributed by atoms with E-state index in [1.165, 1.54) is 87.2 Å². The van der Waals surface area contributed by atoms with E-state index in [1.54, 1.807) is 0 Å². The van der Waals surface area contributed by atoms with Crippen molar-refractivity contribution in [1.29, 1.82) is 0 Å². The van der Waals surface area contributed by atoms with E-state index in [9.17, 15) is 0 Å². The molecule has 0 fully saturated rings. The molecule has 0 aliphatic heterocycles. The molecule has 574 valence electrons. The highest BCUT2D eigenvalue weighted by molar-refractivity contribution is 6.15. The van der Waals surface area contributed by atoms with E-state index in [1.807, 2.05) is 0 Å². The molecule has 120 heavy (non-hydrogen) atoms. The Morgan fingerprint density at radius 3 is 0.717 bits per heavy atom. The molecular formula is C112H84N6O2. The van der Waals surface area contributed by atoms with Gasteiger partial charge in [-0.05, 0) is 251 Å². The number of anilines is 6. The lowest BCUT2D eigenvalue weighted by Gasteiger charge is -2.27. The molecule has 0 saturated heterocycles. The molecule has 0 atom stereocenters. The number of nitrogens with zero attached hydrogens (tertiary/aromatic N) is 6. The summed E-state index contributed by atoms with van der Waals surface area (Å²) >= 11 is 0. The lowest BCUT2D eigenvalue weighted by Crippen LogP contribution is -2.10. The molecule has 4 heterocycles. The van der Waals surface area contributed by atoms with Crippen LogP contribution in [0.15, 0.2) is 400 Å². The molecule has 0 aliphatic rings. The van der Waals surface area contributed by atoms with Crippen molar-refractivity contribution < 1.29 is 9.47 Å². The molecule has 22 aromatic rings. The van der Waals surface area contributed by atoms with Crippen LogP contribution in [0.1, 0.15) is 39.5 Å². The first-order valence-electron chi connectivity index (χ1n) is 42.0.